The van der Waals surface area contributed by atoms with Crippen LogP contribution in [-0.2, 0) is 9.84 Å². The van der Waals surface area contributed by atoms with Gasteiger partial charge in [0.2, 0.25) is 15.8 Å². The van der Waals surface area contributed by atoms with E-state index in [0.29, 0.717) is 11.4 Å². The van der Waals surface area contributed by atoms with E-state index in [1.807, 2.05) is 0 Å². The van der Waals surface area contributed by atoms with Crippen molar-refractivity contribution in [2.24, 2.45) is 0 Å². The molecule has 0 bridgehead atoms. The van der Waals surface area contributed by atoms with Crippen molar-refractivity contribution in [3.05, 3.63) is 59.9 Å². The topological polar surface area (TPSA) is 105 Å². The van der Waals surface area contributed by atoms with Gasteiger partial charge >= 0.3 is 5.76 Å². The Morgan fingerprint density at radius 1 is 1.00 bits per heavy atom. The van der Waals surface area contributed by atoms with Gasteiger partial charge in [0.1, 0.15) is 5.82 Å². The molecule has 0 spiro atoms. The summed E-state index contributed by atoms with van der Waals surface area (Å²) in [4.78, 5) is 14.3. The normalized spacial score (nSPS) is 11.6. The van der Waals surface area contributed by atoms with Crippen LogP contribution in [0.4, 0.5) is 19.1 Å². The van der Waals surface area contributed by atoms with Gasteiger partial charge in [-0.1, -0.05) is 0 Å². The lowest BCUT2D eigenvalue weighted by Crippen LogP contribution is -2.14. The van der Waals surface area contributed by atoms with Gasteiger partial charge < -0.3 is 4.98 Å². The van der Waals surface area contributed by atoms with Gasteiger partial charge in [0, 0.05) is 11.1 Å². The van der Waals surface area contributed by atoms with E-state index in [2.05, 4.69) is 20.5 Å². The average Bonchev–Trinajstić information content (AvgIpc) is 3.10. The van der Waals surface area contributed by atoms with Gasteiger partial charge in [-0.2, -0.15) is 8.78 Å². The summed E-state index contributed by atoms with van der Waals surface area (Å²) in [6.45, 7) is 0. The number of halogens is 3. The summed E-state index contributed by atoms with van der Waals surface area (Å²) in [7, 11) is -4.73. The Morgan fingerprint density at radius 2 is 1.63 bits per heavy atom. The number of benzene rings is 2. The van der Waals surface area contributed by atoms with Crippen molar-refractivity contribution in [2.75, 3.05) is 5.32 Å². The van der Waals surface area contributed by atoms with Crippen molar-refractivity contribution in [3.63, 3.8) is 0 Å². The standard InChI is InChI=1S/C16H11F3N4O3S/c17-11-5-1-9(2-6-11)13-20-16(23-22-13)21-14(24)10-3-7-12(8-4-10)27(25,26)15(18)19/h1-8,15H,(H2,20,21,22,23,24). The molecule has 0 aliphatic rings. The van der Waals surface area contributed by atoms with Gasteiger partial charge in [-0.05, 0) is 48.5 Å². The molecule has 0 atom stereocenters. The number of H-pyrrole nitrogens is 1. The Hall–Kier alpha value is -3.21. The molecular weight excluding hydrogens is 385 g/mol. The molecule has 2 aromatic carbocycles. The predicted molar refractivity (Wildman–Crippen MR) is 89.4 cm³/mol. The Kier molecular flexibility index (Phi) is 4.95. The second-order valence-corrected chi connectivity index (χ2v) is 7.23. The largest absolute Gasteiger partial charge is 0.341 e. The Balaban J connectivity index is 1.73. The molecule has 7 nitrogen and oxygen atoms in total. The summed E-state index contributed by atoms with van der Waals surface area (Å²) in [5.41, 5.74) is 0.578. The number of anilines is 1. The molecule has 0 aliphatic carbocycles. The smallest absolute Gasteiger partial charge is 0.307 e. The van der Waals surface area contributed by atoms with E-state index in [1.54, 1.807) is 0 Å². The van der Waals surface area contributed by atoms with Crippen molar-refractivity contribution in [1.82, 2.24) is 15.2 Å². The van der Waals surface area contributed by atoms with Gasteiger partial charge in [0.05, 0.1) is 4.90 Å². The van der Waals surface area contributed by atoms with E-state index in [-0.39, 0.29) is 11.5 Å². The third-order valence-corrected chi connectivity index (χ3v) is 4.91. The molecule has 11 heteroatoms. The molecule has 140 valence electrons. The van der Waals surface area contributed by atoms with Crippen molar-refractivity contribution in [1.29, 1.82) is 0 Å². The highest BCUT2D eigenvalue weighted by atomic mass is 32.2. The van der Waals surface area contributed by atoms with Gasteiger partial charge in [-0.25, -0.2) is 12.8 Å². The van der Waals surface area contributed by atoms with Crippen molar-refractivity contribution in [2.45, 2.75) is 10.7 Å². The fourth-order valence-corrected chi connectivity index (χ4v) is 2.86. The zero-order valence-electron chi connectivity index (χ0n) is 13.4. The van der Waals surface area contributed by atoms with E-state index in [1.165, 1.54) is 24.3 Å². The van der Waals surface area contributed by atoms with E-state index >= 15 is 0 Å². The highest BCUT2D eigenvalue weighted by Crippen LogP contribution is 2.19. The molecule has 0 radical (unpaired) electrons. The van der Waals surface area contributed by atoms with Crippen LogP contribution >= 0.6 is 0 Å². The number of alkyl halides is 2. The Labute approximate surface area is 151 Å². The predicted octanol–water partition coefficient (Wildman–Crippen LogP) is 2.86. The minimum atomic E-state index is -4.73. The minimum absolute atomic E-state index is 0.00334. The number of nitrogens with zero attached hydrogens (tertiary/aromatic N) is 2. The maximum absolute atomic E-state index is 12.9. The van der Waals surface area contributed by atoms with Crippen LogP contribution < -0.4 is 5.32 Å². The van der Waals surface area contributed by atoms with Crippen molar-refractivity contribution < 1.29 is 26.4 Å². The summed E-state index contributed by atoms with van der Waals surface area (Å²) >= 11 is 0. The molecule has 1 heterocycles. The second kappa shape index (κ2) is 7.19. The Bertz CT molecular complexity index is 1070. The van der Waals surface area contributed by atoms with Crippen LogP contribution in [0.25, 0.3) is 11.4 Å². The number of carbonyl (C=O) groups excluding carboxylic acids is 1. The molecule has 0 aliphatic heterocycles. The van der Waals surface area contributed by atoms with Crippen LogP contribution in [0.2, 0.25) is 0 Å². The van der Waals surface area contributed by atoms with Crippen molar-refractivity contribution >= 4 is 21.7 Å². The van der Waals surface area contributed by atoms with E-state index < -0.39 is 32.2 Å². The summed E-state index contributed by atoms with van der Waals surface area (Å²) in [6, 6.07) is 9.47. The number of aromatic amines is 1. The number of rotatable bonds is 5. The lowest BCUT2D eigenvalue weighted by molar-refractivity contribution is 0.102. The maximum atomic E-state index is 12.9. The van der Waals surface area contributed by atoms with Crippen LogP contribution in [-0.4, -0.2) is 35.3 Å². The highest BCUT2D eigenvalue weighted by molar-refractivity contribution is 7.91. The minimum Gasteiger partial charge on any atom is -0.307 e. The fourth-order valence-electron chi connectivity index (χ4n) is 2.13. The maximum Gasteiger partial charge on any atom is 0.341 e. The van der Waals surface area contributed by atoms with Gasteiger partial charge in [0.15, 0.2) is 5.82 Å². The SMILES string of the molecule is O=C(Nc1nnc(-c2ccc(F)cc2)[nH]1)c1ccc(S(=O)(=O)C(F)F)cc1. The third-order valence-electron chi connectivity index (χ3n) is 3.52. The number of sulfone groups is 1. The molecule has 2 N–H and O–H groups in total. The molecular formula is C16H11F3N4O3S. The van der Waals surface area contributed by atoms with E-state index in [9.17, 15) is 26.4 Å². The van der Waals surface area contributed by atoms with Gasteiger partial charge in [-0.15, -0.1) is 10.2 Å². The summed E-state index contributed by atoms with van der Waals surface area (Å²) in [5, 5.41) is 9.96. The summed E-state index contributed by atoms with van der Waals surface area (Å²) < 4.78 is 60.7. The first kappa shape index (κ1) is 18.6. The number of amides is 1. The molecule has 0 unspecified atom stereocenters. The van der Waals surface area contributed by atoms with Crippen molar-refractivity contribution in [3.8, 4) is 11.4 Å². The molecule has 1 aromatic heterocycles. The fraction of sp³-hybridized carbons (Fsp3) is 0.0625. The van der Waals surface area contributed by atoms with Crippen LogP contribution in [0.3, 0.4) is 0 Å². The monoisotopic (exact) mass is 396 g/mol. The number of hydrogen-bond donors (Lipinski definition) is 2. The molecule has 0 fully saturated rings. The lowest BCUT2D eigenvalue weighted by atomic mass is 10.2. The van der Waals surface area contributed by atoms with Gasteiger partial charge in [0.25, 0.3) is 5.91 Å². The average molecular weight is 396 g/mol. The first-order valence-corrected chi connectivity index (χ1v) is 8.94. The van der Waals surface area contributed by atoms with Crippen LogP contribution in [0, 0.1) is 5.82 Å². The molecule has 0 saturated heterocycles. The van der Waals surface area contributed by atoms with Crippen LogP contribution in [0.1, 0.15) is 10.4 Å². The molecule has 27 heavy (non-hydrogen) atoms. The summed E-state index contributed by atoms with van der Waals surface area (Å²) in [6.07, 6.45) is 0. The number of carbonyl (C=O) groups is 1. The first-order chi connectivity index (χ1) is 12.8. The Morgan fingerprint density at radius 3 is 2.22 bits per heavy atom. The van der Waals surface area contributed by atoms with E-state index in [4.69, 9.17) is 0 Å². The quantitative estimate of drug-likeness (QED) is 0.690. The summed E-state index contributed by atoms with van der Waals surface area (Å²) in [5.74, 6) is -4.31. The second-order valence-electron chi connectivity index (χ2n) is 5.31. The molecule has 3 aromatic rings. The van der Waals surface area contributed by atoms with Gasteiger partial charge in [-0.3, -0.25) is 10.1 Å². The number of nitrogens with one attached hydrogen (secondary N) is 2. The molecule has 1 amide bonds. The highest BCUT2D eigenvalue weighted by Gasteiger charge is 2.26. The molecule has 0 saturated carbocycles. The zero-order valence-corrected chi connectivity index (χ0v) is 14.2. The number of hydrogen-bond acceptors (Lipinski definition) is 5. The van der Waals surface area contributed by atoms with Crippen LogP contribution in [0.15, 0.2) is 53.4 Å². The van der Waals surface area contributed by atoms with Crippen LogP contribution in [0.5, 0.6) is 0 Å². The first-order valence-electron chi connectivity index (χ1n) is 7.39. The number of aromatic nitrogens is 3. The lowest BCUT2D eigenvalue weighted by Gasteiger charge is -2.05. The third kappa shape index (κ3) is 3.97. The molecule has 3 rings (SSSR count). The zero-order chi connectivity index (χ0) is 19.6. The van der Waals surface area contributed by atoms with E-state index in [0.717, 1.165) is 24.3 Å².